The summed E-state index contributed by atoms with van der Waals surface area (Å²) in [6.07, 6.45) is 3.12. The molecule has 0 radical (unpaired) electrons. The highest BCUT2D eigenvalue weighted by Gasteiger charge is 2.25. The highest BCUT2D eigenvalue weighted by atomic mass is 16.3. The zero-order chi connectivity index (χ0) is 15.7. The third-order valence-electron chi connectivity index (χ3n) is 3.40. The van der Waals surface area contributed by atoms with Crippen LogP contribution >= 0.6 is 0 Å². The SMILES string of the molecule is CCCC(O)(CCC)CNC(=O)NCc1ccc(O)cc1. The van der Waals surface area contributed by atoms with Crippen LogP contribution in [0.1, 0.15) is 45.1 Å². The zero-order valence-electron chi connectivity index (χ0n) is 12.9. The van der Waals surface area contributed by atoms with Crippen LogP contribution in [0.4, 0.5) is 4.79 Å². The molecular formula is C16H26N2O3. The molecule has 2 amide bonds. The summed E-state index contributed by atoms with van der Waals surface area (Å²) in [6, 6.07) is 6.36. The van der Waals surface area contributed by atoms with Crippen LogP contribution in [0.5, 0.6) is 5.75 Å². The number of phenolic OH excluding ortho intramolecular Hbond substituents is 1. The average molecular weight is 294 g/mol. The second-order valence-corrected chi connectivity index (χ2v) is 5.43. The molecule has 1 aromatic carbocycles. The molecule has 0 bridgehead atoms. The molecule has 118 valence electrons. The first kappa shape index (κ1) is 17.3. The first-order valence-corrected chi connectivity index (χ1v) is 7.51. The molecule has 0 fully saturated rings. The van der Waals surface area contributed by atoms with Crippen molar-refractivity contribution >= 4 is 6.03 Å². The van der Waals surface area contributed by atoms with Crippen molar-refractivity contribution in [1.29, 1.82) is 0 Å². The van der Waals surface area contributed by atoms with Crippen molar-refractivity contribution in [2.24, 2.45) is 0 Å². The van der Waals surface area contributed by atoms with Gasteiger partial charge in [-0.3, -0.25) is 0 Å². The number of carbonyl (C=O) groups is 1. The third-order valence-corrected chi connectivity index (χ3v) is 3.40. The van der Waals surface area contributed by atoms with Crippen molar-refractivity contribution in [3.05, 3.63) is 29.8 Å². The molecule has 1 aromatic rings. The van der Waals surface area contributed by atoms with Crippen molar-refractivity contribution in [3.63, 3.8) is 0 Å². The number of phenols is 1. The van der Waals surface area contributed by atoms with Gasteiger partial charge in [-0.1, -0.05) is 38.8 Å². The van der Waals surface area contributed by atoms with E-state index in [9.17, 15) is 15.0 Å². The van der Waals surface area contributed by atoms with E-state index in [1.807, 2.05) is 13.8 Å². The lowest BCUT2D eigenvalue weighted by Gasteiger charge is -2.27. The van der Waals surface area contributed by atoms with E-state index < -0.39 is 5.60 Å². The Kier molecular flexibility index (Phi) is 7.02. The van der Waals surface area contributed by atoms with E-state index in [4.69, 9.17) is 0 Å². The molecule has 0 spiro atoms. The molecular weight excluding hydrogens is 268 g/mol. The van der Waals surface area contributed by atoms with Crippen LogP contribution in [0.15, 0.2) is 24.3 Å². The van der Waals surface area contributed by atoms with E-state index in [0.717, 1.165) is 18.4 Å². The van der Waals surface area contributed by atoms with E-state index in [2.05, 4.69) is 10.6 Å². The monoisotopic (exact) mass is 294 g/mol. The van der Waals surface area contributed by atoms with Gasteiger partial charge in [0.15, 0.2) is 0 Å². The highest BCUT2D eigenvalue weighted by molar-refractivity contribution is 5.73. The third kappa shape index (κ3) is 6.49. The predicted octanol–water partition coefficient (Wildman–Crippen LogP) is 2.52. The lowest BCUT2D eigenvalue weighted by molar-refractivity contribution is 0.0241. The summed E-state index contributed by atoms with van der Waals surface area (Å²) in [5, 5.41) is 25.0. The quantitative estimate of drug-likeness (QED) is 0.594. The average Bonchev–Trinajstić information content (AvgIpc) is 2.45. The Morgan fingerprint density at radius 2 is 1.67 bits per heavy atom. The standard InChI is InChI=1S/C16H26N2O3/c1-3-9-16(21,10-4-2)12-18-15(20)17-11-13-5-7-14(19)8-6-13/h5-8,19,21H,3-4,9-12H2,1-2H3,(H2,17,18,20). The van der Waals surface area contributed by atoms with Crippen molar-refractivity contribution in [3.8, 4) is 5.75 Å². The molecule has 1 rings (SSSR count). The fourth-order valence-electron chi connectivity index (χ4n) is 2.34. The normalized spacial score (nSPS) is 11.2. The van der Waals surface area contributed by atoms with Gasteiger partial charge in [0.1, 0.15) is 5.75 Å². The maximum atomic E-state index is 11.8. The Bertz CT molecular complexity index is 426. The predicted molar refractivity (Wildman–Crippen MR) is 83.1 cm³/mol. The number of benzene rings is 1. The first-order valence-electron chi connectivity index (χ1n) is 7.51. The molecule has 0 aliphatic rings. The van der Waals surface area contributed by atoms with Gasteiger partial charge in [0.05, 0.1) is 5.60 Å². The van der Waals surface area contributed by atoms with E-state index in [0.29, 0.717) is 19.4 Å². The van der Waals surface area contributed by atoms with Crippen LogP contribution in [0.2, 0.25) is 0 Å². The van der Waals surface area contributed by atoms with Crippen LogP contribution in [-0.2, 0) is 6.54 Å². The molecule has 5 nitrogen and oxygen atoms in total. The summed E-state index contributed by atoms with van der Waals surface area (Å²) in [6.45, 7) is 4.68. The number of hydrogen-bond donors (Lipinski definition) is 4. The van der Waals surface area contributed by atoms with E-state index in [-0.39, 0.29) is 18.3 Å². The number of hydrogen-bond acceptors (Lipinski definition) is 3. The Labute approximate surface area is 126 Å². The molecule has 5 heteroatoms. The minimum absolute atomic E-state index is 0.201. The Morgan fingerprint density at radius 3 is 2.19 bits per heavy atom. The van der Waals surface area contributed by atoms with Gasteiger partial charge in [0.25, 0.3) is 0 Å². The van der Waals surface area contributed by atoms with E-state index >= 15 is 0 Å². The van der Waals surface area contributed by atoms with Gasteiger partial charge in [0.2, 0.25) is 0 Å². The number of carbonyl (C=O) groups excluding carboxylic acids is 1. The smallest absolute Gasteiger partial charge is 0.315 e. The van der Waals surface area contributed by atoms with Crippen LogP contribution in [0, 0.1) is 0 Å². The summed E-state index contributed by atoms with van der Waals surface area (Å²) in [5.41, 5.74) is 0.0830. The molecule has 0 saturated heterocycles. The Balaban J connectivity index is 2.37. The molecule has 0 unspecified atom stereocenters. The lowest BCUT2D eigenvalue weighted by atomic mass is 9.93. The summed E-state index contributed by atoms with van der Waals surface area (Å²) in [5.74, 6) is 0.201. The molecule has 0 saturated carbocycles. The molecule has 4 N–H and O–H groups in total. The van der Waals surface area contributed by atoms with Gasteiger partial charge in [-0.2, -0.15) is 0 Å². The number of urea groups is 1. The number of aromatic hydroxyl groups is 1. The van der Waals surface area contributed by atoms with Crippen molar-refractivity contribution in [2.45, 2.75) is 51.7 Å². The fourth-order valence-corrected chi connectivity index (χ4v) is 2.34. The van der Waals surface area contributed by atoms with Gasteiger partial charge in [0, 0.05) is 13.1 Å². The molecule has 0 aliphatic carbocycles. The second kappa shape index (κ2) is 8.52. The highest BCUT2D eigenvalue weighted by Crippen LogP contribution is 2.18. The maximum Gasteiger partial charge on any atom is 0.315 e. The van der Waals surface area contributed by atoms with Crippen molar-refractivity contribution < 1.29 is 15.0 Å². The van der Waals surface area contributed by atoms with Crippen molar-refractivity contribution in [1.82, 2.24) is 10.6 Å². The van der Waals surface area contributed by atoms with Crippen LogP contribution in [0.25, 0.3) is 0 Å². The van der Waals surface area contributed by atoms with Crippen molar-refractivity contribution in [2.75, 3.05) is 6.54 Å². The van der Waals surface area contributed by atoms with E-state index in [1.54, 1.807) is 24.3 Å². The minimum atomic E-state index is -0.820. The zero-order valence-corrected chi connectivity index (χ0v) is 12.9. The topological polar surface area (TPSA) is 81.6 Å². The van der Waals surface area contributed by atoms with Gasteiger partial charge in [-0.15, -0.1) is 0 Å². The summed E-state index contributed by atoms with van der Waals surface area (Å²) in [4.78, 5) is 11.8. The number of rotatable bonds is 8. The van der Waals surface area contributed by atoms with Gasteiger partial charge < -0.3 is 20.8 Å². The Hall–Kier alpha value is -1.75. The summed E-state index contributed by atoms with van der Waals surface area (Å²) < 4.78 is 0. The van der Waals surface area contributed by atoms with Crippen LogP contribution < -0.4 is 10.6 Å². The fraction of sp³-hybridized carbons (Fsp3) is 0.562. The molecule has 0 aliphatic heterocycles. The Morgan fingerprint density at radius 1 is 1.10 bits per heavy atom. The number of amides is 2. The van der Waals surface area contributed by atoms with Crippen LogP contribution in [0.3, 0.4) is 0 Å². The maximum absolute atomic E-state index is 11.8. The second-order valence-electron chi connectivity index (χ2n) is 5.43. The molecule has 21 heavy (non-hydrogen) atoms. The molecule has 0 atom stereocenters. The van der Waals surface area contributed by atoms with Gasteiger partial charge >= 0.3 is 6.03 Å². The van der Waals surface area contributed by atoms with Gasteiger partial charge in [-0.05, 0) is 30.5 Å². The van der Waals surface area contributed by atoms with E-state index in [1.165, 1.54) is 0 Å². The van der Waals surface area contributed by atoms with Gasteiger partial charge in [-0.25, -0.2) is 4.79 Å². The molecule has 0 aromatic heterocycles. The van der Waals surface area contributed by atoms with Crippen LogP contribution in [-0.4, -0.2) is 28.4 Å². The summed E-state index contributed by atoms with van der Waals surface area (Å²) in [7, 11) is 0. The molecule has 0 heterocycles. The number of aliphatic hydroxyl groups is 1. The largest absolute Gasteiger partial charge is 0.508 e. The lowest BCUT2D eigenvalue weighted by Crippen LogP contribution is -2.46. The summed E-state index contributed by atoms with van der Waals surface area (Å²) >= 11 is 0. The first-order chi connectivity index (χ1) is 9.99. The minimum Gasteiger partial charge on any atom is -0.508 e. The number of nitrogens with one attached hydrogen (secondary N) is 2.